The summed E-state index contributed by atoms with van der Waals surface area (Å²) in [6.07, 6.45) is 2.03. The molecular weight excluding hydrogens is 534 g/mol. The Bertz CT molecular complexity index is 2470. The molecule has 0 aliphatic carbocycles. The van der Waals surface area contributed by atoms with Crippen LogP contribution in [0.2, 0.25) is 0 Å². The van der Waals surface area contributed by atoms with Gasteiger partial charge in [-0.2, -0.15) is 0 Å². The van der Waals surface area contributed by atoms with Crippen LogP contribution in [-0.4, -0.2) is 14.1 Å². The molecule has 0 bridgehead atoms. The smallest absolute Gasteiger partial charge is 0.0724 e. The van der Waals surface area contributed by atoms with Crippen LogP contribution in [0.1, 0.15) is 0 Å². The lowest BCUT2D eigenvalue weighted by Crippen LogP contribution is -1.94. The summed E-state index contributed by atoms with van der Waals surface area (Å²) in [4.78, 5) is 5.02. The lowest BCUT2D eigenvalue weighted by atomic mass is 10.0. The molecule has 0 aliphatic rings. The number of rotatable bonds is 4. The first kappa shape index (κ1) is 24.6. The van der Waals surface area contributed by atoms with Crippen molar-refractivity contribution in [3.8, 4) is 33.8 Å². The number of fused-ring (bicyclic) bond motifs is 6. The summed E-state index contributed by atoms with van der Waals surface area (Å²) in [6, 6.07) is 56.2. The zero-order valence-electron chi connectivity index (χ0n) is 23.9. The molecule has 0 radical (unpaired) electrons. The lowest BCUT2D eigenvalue weighted by molar-refractivity contribution is 1.17. The maximum Gasteiger partial charge on any atom is 0.0724 e. The average Bonchev–Trinajstić information content (AvgIpc) is 3.61. The van der Waals surface area contributed by atoms with Gasteiger partial charge in [0.1, 0.15) is 0 Å². The Balaban J connectivity index is 1.20. The molecule has 3 heterocycles. The zero-order valence-corrected chi connectivity index (χ0v) is 23.9. The van der Waals surface area contributed by atoms with Crippen molar-refractivity contribution in [1.29, 1.82) is 0 Å². The number of para-hydroxylation sites is 3. The summed E-state index contributed by atoms with van der Waals surface area (Å²) < 4.78 is 4.68. The van der Waals surface area contributed by atoms with Crippen molar-refractivity contribution in [3.05, 3.63) is 164 Å². The molecule has 3 aromatic heterocycles. The van der Waals surface area contributed by atoms with Gasteiger partial charge in [-0.05, 0) is 65.7 Å². The minimum Gasteiger partial charge on any atom is -0.309 e. The van der Waals surface area contributed by atoms with Gasteiger partial charge >= 0.3 is 0 Å². The van der Waals surface area contributed by atoms with Gasteiger partial charge in [0.05, 0.1) is 34.0 Å². The van der Waals surface area contributed by atoms with Gasteiger partial charge in [-0.25, -0.2) is 0 Å². The van der Waals surface area contributed by atoms with E-state index < -0.39 is 0 Å². The molecule has 0 saturated heterocycles. The highest BCUT2D eigenvalue weighted by atomic mass is 15.0. The van der Waals surface area contributed by atoms with Crippen LogP contribution in [0.4, 0.5) is 0 Å². The largest absolute Gasteiger partial charge is 0.309 e. The Morgan fingerprint density at radius 1 is 0.341 bits per heavy atom. The molecule has 3 heteroatoms. The third kappa shape index (κ3) is 3.80. The van der Waals surface area contributed by atoms with Crippen molar-refractivity contribution in [1.82, 2.24) is 14.1 Å². The van der Waals surface area contributed by atoms with E-state index in [1.165, 1.54) is 49.2 Å². The van der Waals surface area contributed by atoms with Crippen molar-refractivity contribution in [2.45, 2.75) is 0 Å². The van der Waals surface area contributed by atoms with Crippen LogP contribution in [-0.2, 0) is 0 Å². The molecule has 206 valence electrons. The molecule has 0 unspecified atom stereocenters. The molecule has 6 aromatic carbocycles. The van der Waals surface area contributed by atoms with Crippen LogP contribution in [0, 0.1) is 0 Å². The zero-order chi connectivity index (χ0) is 29.0. The molecule has 9 aromatic rings. The highest BCUT2D eigenvalue weighted by molar-refractivity contribution is 6.12. The summed E-state index contributed by atoms with van der Waals surface area (Å²) in [5.41, 5.74) is 11.5. The van der Waals surface area contributed by atoms with Gasteiger partial charge in [0.15, 0.2) is 0 Å². The SMILES string of the molecule is c1ccc(-c2ccc(-n3c4ccccc4c4cc(-c5cc6c7ccccc7n(-c7ccccc7)c6cn5)ccc43)cc2)cc1. The third-order valence-electron chi connectivity index (χ3n) is 8.77. The Hall–Kier alpha value is -5.93. The third-order valence-corrected chi connectivity index (χ3v) is 8.77. The maximum atomic E-state index is 5.02. The number of pyridine rings is 1. The highest BCUT2D eigenvalue weighted by Crippen LogP contribution is 2.37. The Kier molecular flexibility index (Phi) is 5.50. The van der Waals surface area contributed by atoms with E-state index in [-0.39, 0.29) is 0 Å². The summed E-state index contributed by atoms with van der Waals surface area (Å²) in [7, 11) is 0. The van der Waals surface area contributed by atoms with Gasteiger partial charge in [0, 0.05) is 38.5 Å². The molecule has 0 amide bonds. The molecule has 3 nitrogen and oxygen atoms in total. The van der Waals surface area contributed by atoms with Crippen molar-refractivity contribution in [3.63, 3.8) is 0 Å². The van der Waals surface area contributed by atoms with E-state index >= 15 is 0 Å². The fraction of sp³-hybridized carbons (Fsp3) is 0. The molecule has 44 heavy (non-hydrogen) atoms. The van der Waals surface area contributed by atoms with Gasteiger partial charge in [-0.3, -0.25) is 4.98 Å². The number of hydrogen-bond donors (Lipinski definition) is 0. The van der Waals surface area contributed by atoms with E-state index in [1.54, 1.807) is 0 Å². The molecule has 0 spiro atoms. The number of hydrogen-bond acceptors (Lipinski definition) is 1. The normalized spacial score (nSPS) is 11.6. The monoisotopic (exact) mass is 561 g/mol. The molecule has 0 N–H and O–H groups in total. The predicted molar refractivity (Wildman–Crippen MR) is 184 cm³/mol. The fourth-order valence-corrected chi connectivity index (χ4v) is 6.73. The first-order chi connectivity index (χ1) is 21.8. The van der Waals surface area contributed by atoms with Crippen LogP contribution in [0.5, 0.6) is 0 Å². The van der Waals surface area contributed by atoms with Gasteiger partial charge in [0.2, 0.25) is 0 Å². The van der Waals surface area contributed by atoms with E-state index in [4.69, 9.17) is 4.98 Å². The predicted octanol–water partition coefficient (Wildman–Crippen LogP) is 10.6. The van der Waals surface area contributed by atoms with Crippen LogP contribution >= 0.6 is 0 Å². The van der Waals surface area contributed by atoms with Gasteiger partial charge < -0.3 is 9.13 Å². The molecule has 0 aliphatic heterocycles. The summed E-state index contributed by atoms with van der Waals surface area (Å²) in [5, 5.41) is 4.89. The Morgan fingerprint density at radius 3 is 1.55 bits per heavy atom. The molecule has 0 fully saturated rings. The first-order valence-electron chi connectivity index (χ1n) is 15.0. The van der Waals surface area contributed by atoms with Crippen LogP contribution in [0.3, 0.4) is 0 Å². The second-order valence-corrected chi connectivity index (χ2v) is 11.3. The minimum atomic E-state index is 0.972. The van der Waals surface area contributed by atoms with Gasteiger partial charge in [-0.1, -0.05) is 103 Å². The second-order valence-electron chi connectivity index (χ2n) is 11.3. The quantitative estimate of drug-likeness (QED) is 0.210. The van der Waals surface area contributed by atoms with Crippen molar-refractivity contribution < 1.29 is 0 Å². The molecule has 0 atom stereocenters. The lowest BCUT2D eigenvalue weighted by Gasteiger charge is -2.10. The molecule has 9 rings (SSSR count). The summed E-state index contributed by atoms with van der Waals surface area (Å²) >= 11 is 0. The second kappa shape index (κ2) is 9.82. The van der Waals surface area contributed by atoms with Crippen LogP contribution in [0.25, 0.3) is 77.4 Å². The van der Waals surface area contributed by atoms with Crippen molar-refractivity contribution in [2.75, 3.05) is 0 Å². The number of aromatic nitrogens is 3. The first-order valence-corrected chi connectivity index (χ1v) is 15.0. The molecule has 0 saturated carbocycles. The maximum absolute atomic E-state index is 5.02. The fourth-order valence-electron chi connectivity index (χ4n) is 6.73. The highest BCUT2D eigenvalue weighted by Gasteiger charge is 2.16. The van der Waals surface area contributed by atoms with Crippen LogP contribution in [0.15, 0.2) is 164 Å². The standard InChI is InChI=1S/C41H27N3/c1-3-11-28(12-4-1)29-19-22-32(23-20-29)43-38-17-9-7-15-33(38)35-25-30(21-24-40(35)43)37-26-36-34-16-8-10-18-39(34)44(41(36)27-42-37)31-13-5-2-6-14-31/h1-27H. The van der Waals surface area contributed by atoms with Crippen LogP contribution < -0.4 is 0 Å². The summed E-state index contributed by atoms with van der Waals surface area (Å²) in [6.45, 7) is 0. The van der Waals surface area contributed by atoms with E-state index in [0.717, 1.165) is 28.1 Å². The number of nitrogens with zero attached hydrogens (tertiary/aromatic N) is 3. The average molecular weight is 562 g/mol. The topological polar surface area (TPSA) is 22.8 Å². The Morgan fingerprint density at radius 2 is 0.841 bits per heavy atom. The van der Waals surface area contributed by atoms with E-state index in [9.17, 15) is 0 Å². The van der Waals surface area contributed by atoms with E-state index in [1.807, 2.05) is 6.20 Å². The summed E-state index contributed by atoms with van der Waals surface area (Å²) in [5.74, 6) is 0. The Labute approximate surface area is 254 Å². The van der Waals surface area contributed by atoms with Gasteiger partial charge in [0.25, 0.3) is 0 Å². The van der Waals surface area contributed by atoms with E-state index in [2.05, 4.69) is 167 Å². The molecular formula is C41H27N3. The van der Waals surface area contributed by atoms with Gasteiger partial charge in [-0.15, -0.1) is 0 Å². The number of benzene rings is 6. The van der Waals surface area contributed by atoms with Crippen molar-refractivity contribution in [2.24, 2.45) is 0 Å². The van der Waals surface area contributed by atoms with Crippen molar-refractivity contribution >= 4 is 43.6 Å². The minimum absolute atomic E-state index is 0.972. The van der Waals surface area contributed by atoms with E-state index in [0.29, 0.717) is 0 Å².